The highest BCUT2D eigenvalue weighted by Gasteiger charge is 2.27. The molecule has 2 fully saturated rings. The van der Waals surface area contributed by atoms with E-state index in [1.807, 2.05) is 0 Å². The zero-order valence-electron chi connectivity index (χ0n) is 7.76. The van der Waals surface area contributed by atoms with Crippen LogP contribution in [0, 0.1) is 11.8 Å². The van der Waals surface area contributed by atoms with Crippen LogP contribution in [0.5, 0.6) is 0 Å². The predicted molar refractivity (Wildman–Crippen MR) is 50.9 cm³/mol. The van der Waals surface area contributed by atoms with Crippen LogP contribution in [0.4, 0.5) is 0 Å². The Labute approximate surface area is 74.9 Å². The standard InChI is InChI=1S/C10H20N2/c11-10(9-2-1-3-9)6-8-4-5-12-7-8/h8-10,12H,1-7,11H2. The Morgan fingerprint density at radius 2 is 2.17 bits per heavy atom. The number of rotatable bonds is 3. The van der Waals surface area contributed by atoms with E-state index >= 15 is 0 Å². The minimum atomic E-state index is 0.503. The van der Waals surface area contributed by atoms with Crippen LogP contribution in [0.2, 0.25) is 0 Å². The van der Waals surface area contributed by atoms with Crippen molar-refractivity contribution in [3.8, 4) is 0 Å². The van der Waals surface area contributed by atoms with Crippen LogP contribution >= 0.6 is 0 Å². The topological polar surface area (TPSA) is 38.0 Å². The Balaban J connectivity index is 1.69. The Hall–Kier alpha value is -0.0800. The van der Waals surface area contributed by atoms with E-state index in [0.717, 1.165) is 11.8 Å². The fourth-order valence-corrected chi connectivity index (χ4v) is 2.36. The summed E-state index contributed by atoms with van der Waals surface area (Å²) in [5, 5.41) is 3.40. The zero-order chi connectivity index (χ0) is 8.39. The highest BCUT2D eigenvalue weighted by Crippen LogP contribution is 2.31. The summed E-state index contributed by atoms with van der Waals surface area (Å²) >= 11 is 0. The van der Waals surface area contributed by atoms with Gasteiger partial charge in [-0.05, 0) is 50.6 Å². The van der Waals surface area contributed by atoms with Crippen LogP contribution in [0.15, 0.2) is 0 Å². The fraction of sp³-hybridized carbons (Fsp3) is 1.00. The molecule has 2 unspecified atom stereocenters. The summed E-state index contributed by atoms with van der Waals surface area (Å²) in [4.78, 5) is 0. The SMILES string of the molecule is NC(CC1CCNC1)C1CCC1. The van der Waals surface area contributed by atoms with Crippen LogP contribution in [0.25, 0.3) is 0 Å². The second-order valence-corrected chi connectivity index (χ2v) is 4.45. The maximum atomic E-state index is 6.13. The third-order valence-corrected chi connectivity index (χ3v) is 3.52. The van der Waals surface area contributed by atoms with Gasteiger partial charge in [-0.1, -0.05) is 6.42 Å². The molecule has 0 bridgehead atoms. The Morgan fingerprint density at radius 1 is 1.33 bits per heavy atom. The van der Waals surface area contributed by atoms with Gasteiger partial charge in [0.25, 0.3) is 0 Å². The molecule has 0 amide bonds. The van der Waals surface area contributed by atoms with Crippen molar-refractivity contribution < 1.29 is 0 Å². The first-order chi connectivity index (χ1) is 5.86. The van der Waals surface area contributed by atoms with Gasteiger partial charge in [-0.3, -0.25) is 0 Å². The largest absolute Gasteiger partial charge is 0.327 e. The molecule has 1 heterocycles. The van der Waals surface area contributed by atoms with Gasteiger partial charge in [0.1, 0.15) is 0 Å². The van der Waals surface area contributed by atoms with Crippen molar-refractivity contribution in [2.75, 3.05) is 13.1 Å². The molecule has 0 aromatic heterocycles. The lowest BCUT2D eigenvalue weighted by Crippen LogP contribution is -2.36. The van der Waals surface area contributed by atoms with Crippen molar-refractivity contribution in [3.05, 3.63) is 0 Å². The van der Waals surface area contributed by atoms with E-state index in [9.17, 15) is 0 Å². The third kappa shape index (κ3) is 1.80. The van der Waals surface area contributed by atoms with Crippen LogP contribution < -0.4 is 11.1 Å². The summed E-state index contributed by atoms with van der Waals surface area (Å²) in [6.07, 6.45) is 6.81. The average molecular weight is 168 g/mol. The smallest absolute Gasteiger partial charge is 0.00702 e. The molecule has 2 atom stereocenters. The lowest BCUT2D eigenvalue weighted by atomic mass is 9.77. The summed E-state index contributed by atoms with van der Waals surface area (Å²) < 4.78 is 0. The molecule has 0 spiro atoms. The molecule has 12 heavy (non-hydrogen) atoms. The summed E-state index contributed by atoms with van der Waals surface area (Å²) in [6.45, 7) is 2.42. The van der Waals surface area contributed by atoms with Gasteiger partial charge >= 0.3 is 0 Å². The quantitative estimate of drug-likeness (QED) is 0.662. The van der Waals surface area contributed by atoms with Crippen molar-refractivity contribution in [2.24, 2.45) is 17.6 Å². The van der Waals surface area contributed by atoms with Gasteiger partial charge < -0.3 is 11.1 Å². The lowest BCUT2D eigenvalue weighted by Gasteiger charge is -2.32. The normalized spacial score (nSPS) is 33.2. The molecular weight excluding hydrogens is 148 g/mol. The summed E-state index contributed by atoms with van der Waals surface area (Å²) in [6, 6.07) is 0.503. The molecule has 2 nitrogen and oxygen atoms in total. The van der Waals surface area contributed by atoms with Crippen molar-refractivity contribution >= 4 is 0 Å². The average Bonchev–Trinajstić information content (AvgIpc) is 2.34. The minimum Gasteiger partial charge on any atom is -0.327 e. The second-order valence-electron chi connectivity index (χ2n) is 4.45. The van der Waals surface area contributed by atoms with Crippen molar-refractivity contribution in [1.29, 1.82) is 0 Å². The van der Waals surface area contributed by atoms with Crippen molar-refractivity contribution in [1.82, 2.24) is 5.32 Å². The first-order valence-corrected chi connectivity index (χ1v) is 5.32. The lowest BCUT2D eigenvalue weighted by molar-refractivity contribution is 0.235. The highest BCUT2D eigenvalue weighted by atomic mass is 14.9. The molecule has 1 aliphatic heterocycles. The zero-order valence-corrected chi connectivity index (χ0v) is 7.76. The maximum Gasteiger partial charge on any atom is 0.00702 e. The van der Waals surface area contributed by atoms with Crippen LogP contribution in [-0.4, -0.2) is 19.1 Å². The molecule has 70 valence electrons. The van der Waals surface area contributed by atoms with E-state index in [1.165, 1.54) is 45.2 Å². The number of nitrogens with one attached hydrogen (secondary N) is 1. The molecule has 3 N–H and O–H groups in total. The maximum absolute atomic E-state index is 6.13. The Morgan fingerprint density at radius 3 is 2.67 bits per heavy atom. The monoisotopic (exact) mass is 168 g/mol. The van der Waals surface area contributed by atoms with Gasteiger partial charge in [0.15, 0.2) is 0 Å². The van der Waals surface area contributed by atoms with Gasteiger partial charge in [-0.2, -0.15) is 0 Å². The second kappa shape index (κ2) is 3.75. The summed E-state index contributed by atoms with van der Waals surface area (Å²) in [5.74, 6) is 1.74. The third-order valence-electron chi connectivity index (χ3n) is 3.52. The van der Waals surface area contributed by atoms with Crippen LogP contribution in [0.1, 0.15) is 32.1 Å². The predicted octanol–water partition coefficient (Wildman–Crippen LogP) is 1.11. The van der Waals surface area contributed by atoms with Crippen LogP contribution in [0.3, 0.4) is 0 Å². The summed E-state index contributed by atoms with van der Waals surface area (Å²) in [7, 11) is 0. The number of nitrogens with two attached hydrogens (primary N) is 1. The fourth-order valence-electron chi connectivity index (χ4n) is 2.36. The van der Waals surface area contributed by atoms with E-state index in [4.69, 9.17) is 5.73 Å². The summed E-state index contributed by atoms with van der Waals surface area (Å²) in [5.41, 5.74) is 6.13. The molecule has 2 aliphatic rings. The van der Waals surface area contributed by atoms with E-state index < -0.39 is 0 Å². The first-order valence-electron chi connectivity index (χ1n) is 5.32. The van der Waals surface area contributed by atoms with E-state index in [-0.39, 0.29) is 0 Å². The van der Waals surface area contributed by atoms with Gasteiger partial charge in [0.05, 0.1) is 0 Å². The number of hydrogen-bond donors (Lipinski definition) is 2. The first kappa shape index (κ1) is 8.52. The van der Waals surface area contributed by atoms with Gasteiger partial charge in [-0.15, -0.1) is 0 Å². The van der Waals surface area contributed by atoms with Crippen molar-refractivity contribution in [2.45, 2.75) is 38.1 Å². The molecule has 1 saturated carbocycles. The van der Waals surface area contributed by atoms with E-state index in [0.29, 0.717) is 6.04 Å². The van der Waals surface area contributed by atoms with Gasteiger partial charge in [0.2, 0.25) is 0 Å². The molecule has 2 heteroatoms. The highest BCUT2D eigenvalue weighted by molar-refractivity contribution is 4.84. The van der Waals surface area contributed by atoms with E-state index in [2.05, 4.69) is 5.32 Å². The Bertz CT molecular complexity index is 137. The molecule has 0 aromatic carbocycles. The van der Waals surface area contributed by atoms with Crippen molar-refractivity contribution in [3.63, 3.8) is 0 Å². The number of hydrogen-bond acceptors (Lipinski definition) is 2. The van der Waals surface area contributed by atoms with Crippen LogP contribution in [-0.2, 0) is 0 Å². The van der Waals surface area contributed by atoms with E-state index in [1.54, 1.807) is 0 Å². The van der Waals surface area contributed by atoms with Gasteiger partial charge in [0, 0.05) is 6.04 Å². The molecule has 0 aromatic rings. The van der Waals surface area contributed by atoms with Gasteiger partial charge in [-0.25, -0.2) is 0 Å². The molecule has 2 rings (SSSR count). The molecular formula is C10H20N2. The molecule has 1 saturated heterocycles. The minimum absolute atomic E-state index is 0.503. The Kier molecular flexibility index (Phi) is 2.66. The molecule has 1 aliphatic carbocycles. The molecule has 0 radical (unpaired) electrons.